The number of aromatic amines is 1. The molecule has 0 aliphatic carbocycles. The number of aromatic nitrogens is 1. The highest BCUT2D eigenvalue weighted by Gasteiger charge is 2.18. The van der Waals surface area contributed by atoms with Crippen LogP contribution in [0.3, 0.4) is 0 Å². The van der Waals surface area contributed by atoms with Gasteiger partial charge in [0.2, 0.25) is 0 Å². The molecule has 2 aromatic rings. The molecule has 1 amide bonds. The number of likely N-dealkylation sites (N-methyl/N-ethyl adjacent to an activating group) is 1. The fourth-order valence-corrected chi connectivity index (χ4v) is 3.02. The molecule has 0 atom stereocenters. The summed E-state index contributed by atoms with van der Waals surface area (Å²) in [5, 5.41) is 13.4. The van der Waals surface area contributed by atoms with Crippen LogP contribution in [0.2, 0.25) is 0 Å². The van der Waals surface area contributed by atoms with Gasteiger partial charge in [0, 0.05) is 43.6 Å². The first-order valence-corrected chi connectivity index (χ1v) is 8.73. The Balaban J connectivity index is 1.68. The summed E-state index contributed by atoms with van der Waals surface area (Å²) in [5.74, 6) is -0.690. The van der Waals surface area contributed by atoms with Crippen LogP contribution in [0, 0.1) is 10.1 Å². The maximum atomic E-state index is 12.3. The zero-order valence-electron chi connectivity index (χ0n) is 15.0. The van der Waals surface area contributed by atoms with Gasteiger partial charge in [-0.05, 0) is 30.8 Å². The molecule has 0 unspecified atom stereocenters. The van der Waals surface area contributed by atoms with Crippen molar-refractivity contribution >= 4 is 23.0 Å². The molecular formula is C18H21N5O4. The Morgan fingerprint density at radius 1 is 1.22 bits per heavy atom. The van der Waals surface area contributed by atoms with E-state index in [4.69, 9.17) is 0 Å². The number of nitro groups is 1. The standard InChI is InChI=1S/C18H21N5O4/c1-2-21-7-9-22(10-8-21)14-5-3-13(4-6-14)20-18(25)16-11-15(23(26)27)12-19-17(16)24/h3-6,11-12H,2,7-10H2,1H3,(H,19,24)(H,20,25). The van der Waals surface area contributed by atoms with E-state index < -0.39 is 16.4 Å². The summed E-state index contributed by atoms with van der Waals surface area (Å²) in [5.41, 5.74) is 0.257. The highest BCUT2D eigenvalue weighted by molar-refractivity contribution is 6.04. The van der Waals surface area contributed by atoms with Crippen molar-refractivity contribution in [1.82, 2.24) is 9.88 Å². The Kier molecular flexibility index (Phi) is 5.51. The molecule has 1 aromatic carbocycles. The summed E-state index contributed by atoms with van der Waals surface area (Å²) in [4.78, 5) is 41.1. The normalized spacial score (nSPS) is 14.8. The van der Waals surface area contributed by atoms with Gasteiger partial charge in [-0.3, -0.25) is 19.7 Å². The second kappa shape index (κ2) is 8.00. The number of anilines is 2. The lowest BCUT2D eigenvalue weighted by Gasteiger charge is -2.35. The Morgan fingerprint density at radius 3 is 2.48 bits per heavy atom. The molecule has 1 aliphatic rings. The molecule has 0 bridgehead atoms. The molecule has 3 rings (SSSR count). The van der Waals surface area contributed by atoms with E-state index in [2.05, 4.69) is 27.0 Å². The third kappa shape index (κ3) is 4.32. The first-order valence-electron chi connectivity index (χ1n) is 8.73. The maximum Gasteiger partial charge on any atom is 0.286 e. The largest absolute Gasteiger partial charge is 0.369 e. The minimum absolute atomic E-state index is 0.302. The third-order valence-corrected chi connectivity index (χ3v) is 4.65. The van der Waals surface area contributed by atoms with Crippen LogP contribution in [0.1, 0.15) is 17.3 Å². The maximum absolute atomic E-state index is 12.3. The Bertz CT molecular complexity index is 885. The molecule has 9 nitrogen and oxygen atoms in total. The number of H-pyrrole nitrogens is 1. The van der Waals surface area contributed by atoms with E-state index in [1.807, 2.05) is 12.1 Å². The Hall–Kier alpha value is -3.20. The molecule has 142 valence electrons. The van der Waals surface area contributed by atoms with Gasteiger partial charge in [-0.15, -0.1) is 0 Å². The molecule has 0 spiro atoms. The summed E-state index contributed by atoms with van der Waals surface area (Å²) in [6.45, 7) is 7.13. The zero-order valence-corrected chi connectivity index (χ0v) is 15.0. The second-order valence-corrected chi connectivity index (χ2v) is 6.28. The minimum atomic E-state index is -0.690. The predicted molar refractivity (Wildman–Crippen MR) is 102 cm³/mol. The molecule has 1 saturated heterocycles. The van der Waals surface area contributed by atoms with Crippen LogP contribution < -0.4 is 15.8 Å². The molecular weight excluding hydrogens is 350 g/mol. The minimum Gasteiger partial charge on any atom is -0.369 e. The van der Waals surface area contributed by atoms with Gasteiger partial charge in [0.05, 0.1) is 11.1 Å². The highest BCUT2D eigenvalue weighted by atomic mass is 16.6. The van der Waals surface area contributed by atoms with Crippen molar-refractivity contribution in [2.24, 2.45) is 0 Å². The van der Waals surface area contributed by atoms with Crippen molar-refractivity contribution in [2.45, 2.75) is 6.92 Å². The van der Waals surface area contributed by atoms with E-state index in [0.717, 1.165) is 50.7 Å². The van der Waals surface area contributed by atoms with E-state index in [9.17, 15) is 19.7 Å². The second-order valence-electron chi connectivity index (χ2n) is 6.28. The molecule has 1 aromatic heterocycles. The van der Waals surface area contributed by atoms with Crippen LogP contribution in [0.25, 0.3) is 0 Å². The van der Waals surface area contributed by atoms with Crippen molar-refractivity contribution in [3.05, 3.63) is 62.6 Å². The van der Waals surface area contributed by atoms with Crippen molar-refractivity contribution in [3.63, 3.8) is 0 Å². The van der Waals surface area contributed by atoms with Crippen molar-refractivity contribution in [2.75, 3.05) is 42.9 Å². The number of pyridine rings is 1. The third-order valence-electron chi connectivity index (χ3n) is 4.65. The van der Waals surface area contributed by atoms with E-state index >= 15 is 0 Å². The lowest BCUT2D eigenvalue weighted by Crippen LogP contribution is -2.46. The molecule has 1 aliphatic heterocycles. The molecule has 9 heteroatoms. The van der Waals surface area contributed by atoms with E-state index in [-0.39, 0.29) is 11.3 Å². The van der Waals surface area contributed by atoms with Gasteiger partial charge < -0.3 is 20.1 Å². The summed E-state index contributed by atoms with van der Waals surface area (Å²) in [7, 11) is 0. The highest BCUT2D eigenvalue weighted by Crippen LogP contribution is 2.20. The predicted octanol–water partition coefficient (Wildman–Crippen LogP) is 1.68. The van der Waals surface area contributed by atoms with Gasteiger partial charge in [-0.25, -0.2) is 0 Å². The van der Waals surface area contributed by atoms with E-state index in [1.165, 1.54) is 0 Å². The molecule has 0 radical (unpaired) electrons. The van der Waals surface area contributed by atoms with Gasteiger partial charge in [0.1, 0.15) is 5.56 Å². The average Bonchev–Trinajstić information content (AvgIpc) is 2.68. The van der Waals surface area contributed by atoms with E-state index in [1.54, 1.807) is 12.1 Å². The summed E-state index contributed by atoms with van der Waals surface area (Å²) >= 11 is 0. The number of amides is 1. The van der Waals surface area contributed by atoms with Gasteiger partial charge in [0.25, 0.3) is 17.2 Å². The number of piperazine rings is 1. The van der Waals surface area contributed by atoms with Gasteiger partial charge >= 0.3 is 0 Å². The summed E-state index contributed by atoms with van der Waals surface area (Å²) in [6, 6.07) is 8.30. The average molecular weight is 371 g/mol. The van der Waals surface area contributed by atoms with Crippen molar-refractivity contribution < 1.29 is 9.72 Å². The molecule has 0 saturated carbocycles. The van der Waals surface area contributed by atoms with Crippen LogP contribution in [0.4, 0.5) is 17.1 Å². The number of carbonyl (C=O) groups excluding carboxylic acids is 1. The van der Waals surface area contributed by atoms with Crippen LogP contribution >= 0.6 is 0 Å². The van der Waals surface area contributed by atoms with E-state index in [0.29, 0.717) is 5.69 Å². The molecule has 1 fully saturated rings. The van der Waals surface area contributed by atoms with Crippen LogP contribution in [-0.4, -0.2) is 53.4 Å². The first-order chi connectivity index (χ1) is 13.0. The number of carbonyl (C=O) groups is 1. The van der Waals surface area contributed by atoms with Gasteiger partial charge in [-0.1, -0.05) is 6.92 Å². The van der Waals surface area contributed by atoms with Crippen molar-refractivity contribution in [3.8, 4) is 0 Å². The number of rotatable bonds is 5. The number of hydrogen-bond acceptors (Lipinski definition) is 6. The fourth-order valence-electron chi connectivity index (χ4n) is 3.02. The number of hydrogen-bond donors (Lipinski definition) is 2. The zero-order chi connectivity index (χ0) is 19.4. The molecule has 27 heavy (non-hydrogen) atoms. The number of nitrogens with one attached hydrogen (secondary N) is 2. The molecule has 2 heterocycles. The quantitative estimate of drug-likeness (QED) is 0.611. The number of nitrogens with zero attached hydrogens (tertiary/aromatic N) is 3. The fraction of sp³-hybridized carbons (Fsp3) is 0.333. The topological polar surface area (TPSA) is 112 Å². The number of benzene rings is 1. The van der Waals surface area contributed by atoms with Crippen LogP contribution in [-0.2, 0) is 0 Å². The van der Waals surface area contributed by atoms with Crippen LogP contribution in [0.15, 0.2) is 41.3 Å². The summed E-state index contributed by atoms with van der Waals surface area (Å²) in [6.07, 6.45) is 0.964. The Labute approximate surface area is 155 Å². The van der Waals surface area contributed by atoms with Gasteiger partial charge in [-0.2, -0.15) is 0 Å². The van der Waals surface area contributed by atoms with Gasteiger partial charge in [0.15, 0.2) is 0 Å². The SMILES string of the molecule is CCN1CCN(c2ccc(NC(=O)c3cc([N+](=O)[O-])c[nH]c3=O)cc2)CC1. The lowest BCUT2D eigenvalue weighted by atomic mass is 10.2. The molecule has 2 N–H and O–H groups in total. The van der Waals surface area contributed by atoms with Crippen LogP contribution in [0.5, 0.6) is 0 Å². The lowest BCUT2D eigenvalue weighted by molar-refractivity contribution is -0.385. The van der Waals surface area contributed by atoms with Crippen molar-refractivity contribution in [1.29, 1.82) is 0 Å². The Morgan fingerprint density at radius 2 is 1.89 bits per heavy atom. The monoisotopic (exact) mass is 371 g/mol. The smallest absolute Gasteiger partial charge is 0.286 e. The summed E-state index contributed by atoms with van der Waals surface area (Å²) < 4.78 is 0. The first kappa shape index (κ1) is 18.6.